The van der Waals surface area contributed by atoms with Gasteiger partial charge in [0, 0.05) is 26.8 Å². The molecule has 0 heterocycles. The van der Waals surface area contributed by atoms with Gasteiger partial charge in [-0.15, -0.1) is 0 Å². The number of nitrogens with zero attached hydrogens (tertiary/aromatic N) is 1. The summed E-state index contributed by atoms with van der Waals surface area (Å²) in [5.41, 5.74) is 1.55. The molecule has 86 valence electrons. The van der Waals surface area contributed by atoms with E-state index >= 15 is 0 Å². The molecule has 0 saturated carbocycles. The van der Waals surface area contributed by atoms with Crippen LogP contribution in [0.4, 0.5) is 5.69 Å². The Kier molecular flexibility index (Phi) is 4.06. The number of hydrogen-bond acceptors (Lipinski definition) is 1. The molecule has 0 aliphatic rings. The molecular weight excluding hydrogens is 277 g/mol. The van der Waals surface area contributed by atoms with Crippen molar-refractivity contribution in [3.05, 3.63) is 63.1 Å². The summed E-state index contributed by atoms with van der Waals surface area (Å²) in [5, 5.41) is 1.89. The van der Waals surface area contributed by atoms with Crippen LogP contribution >= 0.6 is 34.8 Å². The normalized spacial score (nSPS) is 11.0. The predicted molar refractivity (Wildman–Crippen MR) is 75.2 cm³/mol. The smallest absolute Gasteiger partial charge is 0.0644 e. The minimum Gasteiger partial charge on any atom is -0.256 e. The highest BCUT2D eigenvalue weighted by molar-refractivity contribution is 6.35. The van der Waals surface area contributed by atoms with E-state index in [4.69, 9.17) is 34.8 Å². The Hall–Kier alpha value is -1.02. The van der Waals surface area contributed by atoms with Crippen molar-refractivity contribution < 1.29 is 0 Å². The largest absolute Gasteiger partial charge is 0.256 e. The molecule has 2 rings (SSSR count). The van der Waals surface area contributed by atoms with E-state index in [1.165, 1.54) is 0 Å². The van der Waals surface area contributed by atoms with Gasteiger partial charge in [-0.2, -0.15) is 0 Å². The Labute approximate surface area is 115 Å². The van der Waals surface area contributed by atoms with Crippen molar-refractivity contribution in [3.8, 4) is 0 Å². The molecule has 0 fully saturated rings. The van der Waals surface area contributed by atoms with Crippen molar-refractivity contribution in [1.29, 1.82) is 0 Å². The molecular formula is C13H8Cl3N. The monoisotopic (exact) mass is 283 g/mol. The van der Waals surface area contributed by atoms with Crippen LogP contribution in [0.5, 0.6) is 0 Å². The third-order valence-corrected chi connectivity index (χ3v) is 2.93. The van der Waals surface area contributed by atoms with Crippen molar-refractivity contribution in [2.24, 2.45) is 4.99 Å². The van der Waals surface area contributed by atoms with Gasteiger partial charge in [0.25, 0.3) is 0 Å². The van der Waals surface area contributed by atoms with Crippen LogP contribution in [0.3, 0.4) is 0 Å². The second kappa shape index (κ2) is 5.54. The molecule has 0 saturated heterocycles. The van der Waals surface area contributed by atoms with Crippen molar-refractivity contribution in [2.75, 3.05) is 0 Å². The summed E-state index contributed by atoms with van der Waals surface area (Å²) >= 11 is 17.8. The Morgan fingerprint density at radius 2 is 1.65 bits per heavy atom. The zero-order chi connectivity index (χ0) is 12.3. The first kappa shape index (κ1) is 12.4. The van der Waals surface area contributed by atoms with Crippen LogP contribution in [-0.4, -0.2) is 6.21 Å². The number of benzene rings is 2. The fourth-order valence-electron chi connectivity index (χ4n) is 1.31. The van der Waals surface area contributed by atoms with E-state index in [1.807, 2.05) is 12.1 Å². The number of aliphatic imine (C=N–C) groups is 1. The van der Waals surface area contributed by atoms with E-state index < -0.39 is 0 Å². The molecule has 17 heavy (non-hydrogen) atoms. The van der Waals surface area contributed by atoms with Crippen LogP contribution in [0.15, 0.2) is 47.5 Å². The zero-order valence-corrected chi connectivity index (χ0v) is 11.0. The minimum atomic E-state index is 0.611. The molecule has 0 atom stereocenters. The molecule has 1 nitrogen and oxygen atoms in total. The lowest BCUT2D eigenvalue weighted by Crippen LogP contribution is -1.82. The third kappa shape index (κ3) is 3.47. The van der Waals surface area contributed by atoms with Crippen LogP contribution in [0, 0.1) is 0 Å². The lowest BCUT2D eigenvalue weighted by molar-refractivity contribution is 1.52. The molecule has 0 aliphatic carbocycles. The summed E-state index contributed by atoms with van der Waals surface area (Å²) in [6, 6.07) is 12.5. The van der Waals surface area contributed by atoms with Crippen molar-refractivity contribution in [3.63, 3.8) is 0 Å². The third-order valence-electron chi connectivity index (χ3n) is 2.12. The summed E-state index contributed by atoms with van der Waals surface area (Å²) in [6.45, 7) is 0. The van der Waals surface area contributed by atoms with E-state index in [9.17, 15) is 0 Å². The van der Waals surface area contributed by atoms with Gasteiger partial charge in [-0.25, -0.2) is 0 Å². The fourth-order valence-corrected chi connectivity index (χ4v) is 1.85. The molecule has 0 amide bonds. The van der Waals surface area contributed by atoms with Crippen molar-refractivity contribution >= 4 is 46.7 Å². The molecule has 2 aromatic carbocycles. The van der Waals surface area contributed by atoms with Gasteiger partial charge in [-0.1, -0.05) is 40.9 Å². The maximum absolute atomic E-state index is 6.02. The van der Waals surface area contributed by atoms with E-state index in [-0.39, 0.29) is 0 Å². The molecule has 0 unspecified atom stereocenters. The predicted octanol–water partition coefficient (Wildman–Crippen LogP) is 5.40. The highest BCUT2D eigenvalue weighted by Gasteiger charge is 1.98. The van der Waals surface area contributed by atoms with Gasteiger partial charge in [0.2, 0.25) is 0 Å². The standard InChI is InChI=1S/C13H8Cl3N/c14-10-2-1-3-12(7-10)17-8-9-6-11(15)4-5-13(9)16/h1-8H. The molecule has 0 radical (unpaired) electrons. The Bertz CT molecular complexity index is 564. The quantitative estimate of drug-likeness (QED) is 0.655. The van der Waals surface area contributed by atoms with Crippen molar-refractivity contribution in [1.82, 2.24) is 0 Å². The maximum atomic E-state index is 6.02. The van der Waals surface area contributed by atoms with Gasteiger partial charge in [0.1, 0.15) is 0 Å². The highest BCUT2D eigenvalue weighted by Crippen LogP contribution is 2.21. The maximum Gasteiger partial charge on any atom is 0.0644 e. The van der Waals surface area contributed by atoms with Crippen LogP contribution < -0.4 is 0 Å². The first-order valence-corrected chi connectivity index (χ1v) is 6.03. The van der Waals surface area contributed by atoms with Gasteiger partial charge < -0.3 is 0 Å². The van der Waals surface area contributed by atoms with Crippen molar-refractivity contribution in [2.45, 2.75) is 0 Å². The van der Waals surface area contributed by atoms with E-state index in [2.05, 4.69) is 4.99 Å². The summed E-state index contributed by atoms with van der Waals surface area (Å²) in [4.78, 5) is 4.29. The average molecular weight is 285 g/mol. The first-order chi connectivity index (χ1) is 8.15. The molecule has 0 N–H and O–H groups in total. The molecule has 0 spiro atoms. The van der Waals surface area contributed by atoms with Gasteiger partial charge in [0.05, 0.1) is 5.69 Å². The molecule has 0 bridgehead atoms. The van der Waals surface area contributed by atoms with Gasteiger partial charge in [0.15, 0.2) is 0 Å². The molecule has 0 aromatic heterocycles. The highest BCUT2D eigenvalue weighted by atomic mass is 35.5. The second-order valence-electron chi connectivity index (χ2n) is 3.40. The number of hydrogen-bond donors (Lipinski definition) is 0. The Morgan fingerprint density at radius 1 is 0.882 bits per heavy atom. The first-order valence-electron chi connectivity index (χ1n) is 4.90. The minimum absolute atomic E-state index is 0.611. The summed E-state index contributed by atoms with van der Waals surface area (Å²) in [7, 11) is 0. The van der Waals surface area contributed by atoms with Crippen LogP contribution in [-0.2, 0) is 0 Å². The van der Waals surface area contributed by atoms with E-state index in [0.29, 0.717) is 15.1 Å². The van der Waals surface area contributed by atoms with Gasteiger partial charge in [-0.3, -0.25) is 4.99 Å². The van der Waals surface area contributed by atoms with E-state index in [0.717, 1.165) is 11.3 Å². The fraction of sp³-hybridized carbons (Fsp3) is 0. The van der Waals surface area contributed by atoms with Gasteiger partial charge in [-0.05, 0) is 36.4 Å². The molecule has 0 aliphatic heterocycles. The lowest BCUT2D eigenvalue weighted by Gasteiger charge is -1.99. The number of halogens is 3. The summed E-state index contributed by atoms with van der Waals surface area (Å²) < 4.78 is 0. The molecule has 2 aromatic rings. The van der Waals surface area contributed by atoms with E-state index in [1.54, 1.807) is 36.5 Å². The average Bonchev–Trinajstić information content (AvgIpc) is 2.30. The SMILES string of the molecule is Clc1cccc(N=Cc2cc(Cl)ccc2Cl)c1. The summed E-state index contributed by atoms with van der Waals surface area (Å²) in [6.07, 6.45) is 1.67. The Morgan fingerprint density at radius 3 is 2.41 bits per heavy atom. The second-order valence-corrected chi connectivity index (χ2v) is 4.68. The van der Waals surface area contributed by atoms with Crippen LogP contribution in [0.1, 0.15) is 5.56 Å². The zero-order valence-electron chi connectivity index (χ0n) is 8.70. The summed E-state index contributed by atoms with van der Waals surface area (Å²) in [5.74, 6) is 0. The van der Waals surface area contributed by atoms with Gasteiger partial charge >= 0.3 is 0 Å². The Balaban J connectivity index is 2.29. The van der Waals surface area contributed by atoms with Crippen LogP contribution in [0.2, 0.25) is 15.1 Å². The van der Waals surface area contributed by atoms with Crippen LogP contribution in [0.25, 0.3) is 0 Å². The topological polar surface area (TPSA) is 12.4 Å². The molecule has 4 heteroatoms. The number of rotatable bonds is 2. The lowest BCUT2D eigenvalue weighted by atomic mass is 10.2.